The highest BCUT2D eigenvalue weighted by Crippen LogP contribution is 2.28. The molecule has 0 aliphatic carbocycles. The first-order valence-electron chi connectivity index (χ1n) is 9.72. The summed E-state index contributed by atoms with van der Waals surface area (Å²) >= 11 is 5.84. The number of phenols is 1. The zero-order valence-corrected chi connectivity index (χ0v) is 17.5. The van der Waals surface area contributed by atoms with E-state index in [4.69, 9.17) is 16.3 Å². The van der Waals surface area contributed by atoms with Crippen molar-refractivity contribution < 1.29 is 19.0 Å². The van der Waals surface area contributed by atoms with E-state index in [1.54, 1.807) is 18.3 Å². The lowest BCUT2D eigenvalue weighted by atomic mass is 10.0. The largest absolute Gasteiger partial charge is 0.506 e. The molecular formula is C25H18ClFN2O3. The number of aromatic hydroxyl groups is 1. The van der Waals surface area contributed by atoms with Crippen molar-refractivity contribution in [1.29, 1.82) is 0 Å². The van der Waals surface area contributed by atoms with Crippen LogP contribution in [-0.4, -0.2) is 17.2 Å². The molecule has 5 nitrogen and oxygen atoms in total. The molecule has 0 radical (unpaired) electrons. The Balaban J connectivity index is 1.50. The lowest BCUT2D eigenvalue weighted by Crippen LogP contribution is -2.17. The maximum absolute atomic E-state index is 13.1. The second kappa shape index (κ2) is 9.49. The first kappa shape index (κ1) is 21.3. The van der Waals surface area contributed by atoms with Gasteiger partial charge in [0, 0.05) is 16.5 Å². The first-order valence-corrected chi connectivity index (χ1v) is 10.1. The fourth-order valence-corrected chi connectivity index (χ4v) is 3.33. The number of hydrogen-bond acceptors (Lipinski definition) is 4. The Morgan fingerprint density at radius 3 is 2.53 bits per heavy atom. The molecule has 0 saturated heterocycles. The smallest absolute Gasteiger partial charge is 0.271 e. The number of hydrogen-bond donors (Lipinski definition) is 2. The Morgan fingerprint density at radius 2 is 1.78 bits per heavy atom. The molecule has 0 aliphatic heterocycles. The number of ether oxygens (including phenoxy) is 1. The van der Waals surface area contributed by atoms with E-state index in [1.165, 1.54) is 30.3 Å². The lowest BCUT2D eigenvalue weighted by Gasteiger charge is -2.11. The number of nitrogens with one attached hydrogen (secondary N) is 1. The molecule has 0 atom stereocenters. The van der Waals surface area contributed by atoms with E-state index in [-0.39, 0.29) is 22.2 Å². The fourth-order valence-electron chi connectivity index (χ4n) is 3.15. The van der Waals surface area contributed by atoms with Gasteiger partial charge in [-0.3, -0.25) is 4.79 Å². The zero-order valence-electron chi connectivity index (χ0n) is 16.8. The molecule has 4 rings (SSSR count). The topological polar surface area (TPSA) is 70.9 Å². The number of carbonyl (C=O) groups is 1. The molecule has 7 heteroatoms. The quantitative estimate of drug-likeness (QED) is 0.294. The van der Waals surface area contributed by atoms with Crippen LogP contribution in [0.4, 0.5) is 4.39 Å². The monoisotopic (exact) mass is 448 g/mol. The van der Waals surface area contributed by atoms with Gasteiger partial charge in [0.25, 0.3) is 5.91 Å². The number of phenolic OH excluding ortho intramolecular Hbond substituents is 1. The predicted octanol–water partition coefficient (Wildman–Crippen LogP) is 5.68. The van der Waals surface area contributed by atoms with Gasteiger partial charge in [0.05, 0.1) is 11.2 Å². The zero-order chi connectivity index (χ0) is 22.5. The molecule has 160 valence electrons. The van der Waals surface area contributed by atoms with Crippen LogP contribution in [0, 0.1) is 5.82 Å². The average molecular weight is 449 g/mol. The molecule has 0 unspecified atom stereocenters. The van der Waals surface area contributed by atoms with Crippen LogP contribution in [0.25, 0.3) is 10.8 Å². The number of carbonyl (C=O) groups excluding carboxylic acids is 1. The molecule has 1 amide bonds. The van der Waals surface area contributed by atoms with Crippen LogP contribution in [0.2, 0.25) is 5.02 Å². The molecule has 32 heavy (non-hydrogen) atoms. The minimum absolute atomic E-state index is 0.0869. The molecule has 0 aromatic heterocycles. The van der Waals surface area contributed by atoms with Crippen molar-refractivity contribution in [2.75, 3.05) is 0 Å². The maximum Gasteiger partial charge on any atom is 0.271 e. The van der Waals surface area contributed by atoms with Gasteiger partial charge in [-0.1, -0.05) is 48.0 Å². The van der Waals surface area contributed by atoms with Crippen molar-refractivity contribution in [3.05, 3.63) is 106 Å². The minimum atomic E-state index is -0.452. The fraction of sp³-hybridized carbons (Fsp3) is 0.0400. The lowest BCUT2D eigenvalue weighted by molar-refractivity contribution is 0.0955. The standard InChI is InChI=1S/C25H18ClFN2O3/c26-22-13-17(7-11-23(22)30)25(31)29-28-14-18-8-12-24(21-4-2-1-3-20(18)21)32-15-16-5-9-19(27)10-6-16/h1-14,30H,15H2,(H,29,31). The van der Waals surface area contributed by atoms with Gasteiger partial charge in [-0.05, 0) is 53.4 Å². The van der Waals surface area contributed by atoms with Gasteiger partial charge in [0.2, 0.25) is 0 Å². The second-order valence-electron chi connectivity index (χ2n) is 6.98. The van der Waals surface area contributed by atoms with Crippen LogP contribution in [0.15, 0.2) is 84.0 Å². The van der Waals surface area contributed by atoms with Crippen molar-refractivity contribution in [2.24, 2.45) is 5.10 Å². The second-order valence-corrected chi connectivity index (χ2v) is 7.39. The Hall–Kier alpha value is -3.90. The van der Waals surface area contributed by atoms with Gasteiger partial charge in [0.1, 0.15) is 23.9 Å². The number of nitrogens with zero attached hydrogens (tertiary/aromatic N) is 1. The van der Waals surface area contributed by atoms with E-state index in [1.807, 2.05) is 36.4 Å². The van der Waals surface area contributed by atoms with E-state index in [0.29, 0.717) is 12.4 Å². The number of rotatable bonds is 6. The van der Waals surface area contributed by atoms with Crippen LogP contribution in [0.1, 0.15) is 21.5 Å². The summed E-state index contributed by atoms with van der Waals surface area (Å²) in [7, 11) is 0. The molecule has 0 heterocycles. The summed E-state index contributed by atoms with van der Waals surface area (Å²) in [5.74, 6) is -0.153. The highest BCUT2D eigenvalue weighted by molar-refractivity contribution is 6.32. The predicted molar refractivity (Wildman–Crippen MR) is 123 cm³/mol. The third kappa shape index (κ3) is 4.87. The van der Waals surface area contributed by atoms with Crippen molar-refractivity contribution in [3.63, 3.8) is 0 Å². The molecule has 0 spiro atoms. The van der Waals surface area contributed by atoms with Crippen molar-refractivity contribution >= 4 is 34.5 Å². The third-order valence-corrected chi connectivity index (χ3v) is 5.11. The molecule has 0 fully saturated rings. The summed E-state index contributed by atoms with van der Waals surface area (Å²) < 4.78 is 19.0. The first-order chi connectivity index (χ1) is 15.5. The number of amides is 1. The van der Waals surface area contributed by atoms with E-state index >= 15 is 0 Å². The summed E-state index contributed by atoms with van der Waals surface area (Å²) in [5, 5.41) is 15.4. The van der Waals surface area contributed by atoms with Crippen LogP contribution >= 0.6 is 11.6 Å². The molecule has 2 N–H and O–H groups in total. The maximum atomic E-state index is 13.1. The highest BCUT2D eigenvalue weighted by atomic mass is 35.5. The van der Waals surface area contributed by atoms with E-state index in [0.717, 1.165) is 21.9 Å². The van der Waals surface area contributed by atoms with Crippen molar-refractivity contribution in [3.8, 4) is 11.5 Å². The number of halogens is 2. The Kier molecular flexibility index (Phi) is 6.33. The Labute approximate surface area is 188 Å². The number of fused-ring (bicyclic) bond motifs is 1. The van der Waals surface area contributed by atoms with Gasteiger partial charge in [-0.25, -0.2) is 9.82 Å². The third-order valence-electron chi connectivity index (χ3n) is 4.80. The number of benzene rings is 4. The van der Waals surface area contributed by atoms with Gasteiger partial charge in [-0.2, -0.15) is 5.10 Å². The Morgan fingerprint density at radius 1 is 1.03 bits per heavy atom. The van der Waals surface area contributed by atoms with E-state index < -0.39 is 5.91 Å². The molecule has 4 aromatic carbocycles. The van der Waals surface area contributed by atoms with Crippen molar-refractivity contribution in [2.45, 2.75) is 6.61 Å². The highest BCUT2D eigenvalue weighted by Gasteiger charge is 2.09. The summed E-state index contributed by atoms with van der Waals surface area (Å²) in [6.07, 6.45) is 1.55. The minimum Gasteiger partial charge on any atom is -0.506 e. The van der Waals surface area contributed by atoms with Crippen molar-refractivity contribution in [1.82, 2.24) is 5.43 Å². The normalized spacial score (nSPS) is 11.1. The van der Waals surface area contributed by atoms with Crippen LogP contribution < -0.4 is 10.2 Å². The van der Waals surface area contributed by atoms with Crippen LogP contribution in [-0.2, 0) is 6.61 Å². The Bertz CT molecular complexity index is 1310. The summed E-state index contributed by atoms with van der Waals surface area (Å²) in [6.45, 7) is 0.308. The van der Waals surface area contributed by atoms with Gasteiger partial charge in [0.15, 0.2) is 0 Å². The van der Waals surface area contributed by atoms with Gasteiger partial charge >= 0.3 is 0 Å². The van der Waals surface area contributed by atoms with Crippen LogP contribution in [0.3, 0.4) is 0 Å². The average Bonchev–Trinajstić information content (AvgIpc) is 2.81. The molecule has 0 bridgehead atoms. The van der Waals surface area contributed by atoms with Gasteiger partial charge in [-0.15, -0.1) is 0 Å². The summed E-state index contributed by atoms with van der Waals surface area (Å²) in [6, 6.07) is 21.7. The van der Waals surface area contributed by atoms with Crippen LogP contribution in [0.5, 0.6) is 11.5 Å². The van der Waals surface area contributed by atoms with E-state index in [9.17, 15) is 14.3 Å². The molecule has 4 aromatic rings. The SMILES string of the molecule is O=C(NN=Cc1ccc(OCc2ccc(F)cc2)c2ccccc12)c1ccc(O)c(Cl)c1. The van der Waals surface area contributed by atoms with Gasteiger partial charge < -0.3 is 9.84 Å². The molecular weight excluding hydrogens is 431 g/mol. The summed E-state index contributed by atoms with van der Waals surface area (Å²) in [5.41, 5.74) is 4.38. The van der Waals surface area contributed by atoms with E-state index in [2.05, 4.69) is 10.5 Å². The number of hydrazone groups is 1. The molecule has 0 saturated carbocycles. The molecule has 0 aliphatic rings. The summed E-state index contributed by atoms with van der Waals surface area (Å²) in [4.78, 5) is 12.2.